The monoisotopic (exact) mass is 390 g/mol. The topological polar surface area (TPSA) is 117 Å². The van der Waals surface area contributed by atoms with Crippen molar-refractivity contribution in [2.24, 2.45) is 0 Å². The Balaban J connectivity index is 1.74. The molecule has 1 atom stereocenters. The molecule has 0 aliphatic carbocycles. The quantitative estimate of drug-likeness (QED) is 0.764. The van der Waals surface area contributed by atoms with Crippen LogP contribution in [0.5, 0.6) is 0 Å². The van der Waals surface area contributed by atoms with Gasteiger partial charge in [-0.15, -0.1) is 5.10 Å². The number of anilines is 4. The summed E-state index contributed by atoms with van der Waals surface area (Å²) < 4.78 is 23.6. The van der Waals surface area contributed by atoms with Crippen LogP contribution in [-0.2, 0) is 14.6 Å². The molecular formula is C17H22N6O3S. The van der Waals surface area contributed by atoms with E-state index in [1.165, 1.54) is 6.92 Å². The van der Waals surface area contributed by atoms with E-state index in [9.17, 15) is 13.2 Å². The number of nitrogens with zero attached hydrogens (tertiary/aromatic N) is 4. The van der Waals surface area contributed by atoms with Gasteiger partial charge in [0.15, 0.2) is 15.7 Å². The molecule has 144 valence electrons. The van der Waals surface area contributed by atoms with Crippen molar-refractivity contribution in [1.29, 1.82) is 0 Å². The number of carbonyl (C=O) groups excluding carboxylic acids is 1. The number of carbonyl (C=O) groups is 1. The summed E-state index contributed by atoms with van der Waals surface area (Å²) in [6, 6.07) is 7.03. The molecule has 1 saturated heterocycles. The summed E-state index contributed by atoms with van der Waals surface area (Å²) in [5.74, 6) is 1.12. The summed E-state index contributed by atoms with van der Waals surface area (Å²) in [6.07, 6.45) is 2.13. The highest BCUT2D eigenvalue weighted by Gasteiger charge is 2.32. The molecule has 0 bridgehead atoms. The SMILES string of the molecule is CCN(c1cnnc(Nc2ccc(NC(C)=O)cc2)n1)C1CCS(=O)(=O)C1. The number of aromatic nitrogens is 3. The molecule has 0 radical (unpaired) electrons. The first-order chi connectivity index (χ1) is 12.9. The molecule has 0 saturated carbocycles. The fraction of sp³-hybridized carbons (Fsp3) is 0.412. The van der Waals surface area contributed by atoms with E-state index in [0.717, 1.165) is 5.69 Å². The van der Waals surface area contributed by atoms with Gasteiger partial charge in [-0.3, -0.25) is 4.79 Å². The normalized spacial score (nSPS) is 18.1. The van der Waals surface area contributed by atoms with E-state index in [-0.39, 0.29) is 23.5 Å². The summed E-state index contributed by atoms with van der Waals surface area (Å²) in [6.45, 7) is 4.04. The fourth-order valence-electron chi connectivity index (χ4n) is 3.08. The molecule has 1 aromatic heterocycles. The van der Waals surface area contributed by atoms with E-state index in [2.05, 4.69) is 25.8 Å². The van der Waals surface area contributed by atoms with Gasteiger partial charge < -0.3 is 15.5 Å². The molecule has 1 aliphatic rings. The summed E-state index contributed by atoms with van der Waals surface area (Å²) in [5, 5.41) is 13.7. The Morgan fingerprint density at radius 1 is 1.26 bits per heavy atom. The fourth-order valence-corrected chi connectivity index (χ4v) is 4.81. The van der Waals surface area contributed by atoms with Gasteiger partial charge in [0.05, 0.1) is 17.7 Å². The van der Waals surface area contributed by atoms with Gasteiger partial charge >= 0.3 is 0 Å². The van der Waals surface area contributed by atoms with E-state index >= 15 is 0 Å². The number of hydrogen-bond acceptors (Lipinski definition) is 8. The highest BCUT2D eigenvalue weighted by atomic mass is 32.2. The van der Waals surface area contributed by atoms with Gasteiger partial charge in [-0.25, -0.2) is 8.42 Å². The Labute approximate surface area is 158 Å². The molecular weight excluding hydrogens is 368 g/mol. The lowest BCUT2D eigenvalue weighted by atomic mass is 10.2. The maximum absolute atomic E-state index is 11.8. The maximum Gasteiger partial charge on any atom is 0.249 e. The van der Waals surface area contributed by atoms with Crippen molar-refractivity contribution in [3.63, 3.8) is 0 Å². The number of hydrogen-bond donors (Lipinski definition) is 2. The van der Waals surface area contributed by atoms with Crippen LogP contribution in [-0.4, -0.2) is 53.6 Å². The molecule has 10 heteroatoms. The van der Waals surface area contributed by atoms with Crippen molar-refractivity contribution < 1.29 is 13.2 Å². The van der Waals surface area contributed by atoms with Crippen molar-refractivity contribution in [2.75, 3.05) is 33.6 Å². The average molecular weight is 390 g/mol. The van der Waals surface area contributed by atoms with Gasteiger partial charge in [-0.2, -0.15) is 10.1 Å². The van der Waals surface area contributed by atoms with Gasteiger partial charge in [-0.05, 0) is 37.6 Å². The molecule has 1 aromatic carbocycles. The summed E-state index contributed by atoms with van der Waals surface area (Å²) >= 11 is 0. The highest BCUT2D eigenvalue weighted by Crippen LogP contribution is 2.23. The minimum absolute atomic E-state index is 0.0958. The number of rotatable bonds is 6. The molecule has 1 fully saturated rings. The minimum Gasteiger partial charge on any atom is -0.351 e. The molecule has 2 aromatic rings. The predicted octanol–water partition coefficient (Wildman–Crippen LogP) is 1.59. The van der Waals surface area contributed by atoms with E-state index in [4.69, 9.17) is 0 Å². The van der Waals surface area contributed by atoms with Crippen LogP contribution in [0.2, 0.25) is 0 Å². The van der Waals surface area contributed by atoms with Gasteiger partial charge in [0.1, 0.15) is 0 Å². The Bertz CT molecular complexity index is 917. The average Bonchev–Trinajstić information content (AvgIpc) is 2.97. The highest BCUT2D eigenvalue weighted by molar-refractivity contribution is 7.91. The number of nitrogens with one attached hydrogen (secondary N) is 2. The number of amides is 1. The van der Waals surface area contributed by atoms with Gasteiger partial charge in [0.2, 0.25) is 11.9 Å². The third-order valence-corrected chi connectivity index (χ3v) is 6.04. The van der Waals surface area contributed by atoms with Crippen LogP contribution in [0.1, 0.15) is 20.3 Å². The van der Waals surface area contributed by atoms with Crippen molar-refractivity contribution >= 4 is 38.9 Å². The van der Waals surface area contributed by atoms with E-state index in [1.54, 1.807) is 30.5 Å². The van der Waals surface area contributed by atoms with Crippen molar-refractivity contribution in [1.82, 2.24) is 15.2 Å². The third kappa shape index (κ3) is 4.91. The third-order valence-electron chi connectivity index (χ3n) is 4.29. The molecule has 0 spiro atoms. The zero-order valence-electron chi connectivity index (χ0n) is 15.2. The molecule has 3 rings (SSSR count). The van der Waals surface area contributed by atoms with Crippen LogP contribution in [0, 0.1) is 0 Å². The van der Waals surface area contributed by atoms with Crippen LogP contribution >= 0.6 is 0 Å². The molecule has 1 aliphatic heterocycles. The first-order valence-electron chi connectivity index (χ1n) is 8.68. The Hall–Kier alpha value is -2.75. The minimum atomic E-state index is -2.98. The second-order valence-electron chi connectivity index (χ2n) is 6.36. The van der Waals surface area contributed by atoms with Crippen LogP contribution in [0.25, 0.3) is 0 Å². The molecule has 27 heavy (non-hydrogen) atoms. The number of sulfone groups is 1. The Morgan fingerprint density at radius 2 is 1.96 bits per heavy atom. The summed E-state index contributed by atoms with van der Waals surface area (Å²) in [4.78, 5) is 17.5. The van der Waals surface area contributed by atoms with Crippen LogP contribution in [0.4, 0.5) is 23.1 Å². The molecule has 2 heterocycles. The first-order valence-corrected chi connectivity index (χ1v) is 10.5. The van der Waals surface area contributed by atoms with Crippen LogP contribution in [0.15, 0.2) is 30.5 Å². The van der Waals surface area contributed by atoms with Crippen LogP contribution in [0.3, 0.4) is 0 Å². The summed E-state index contributed by atoms with van der Waals surface area (Å²) in [7, 11) is -2.98. The van der Waals surface area contributed by atoms with Gasteiger partial charge in [-0.1, -0.05) is 0 Å². The smallest absolute Gasteiger partial charge is 0.249 e. The second-order valence-corrected chi connectivity index (χ2v) is 8.59. The van der Waals surface area contributed by atoms with Crippen molar-refractivity contribution in [3.8, 4) is 0 Å². The van der Waals surface area contributed by atoms with E-state index in [1.807, 2.05) is 11.8 Å². The second kappa shape index (κ2) is 7.87. The lowest BCUT2D eigenvalue weighted by molar-refractivity contribution is -0.114. The maximum atomic E-state index is 11.8. The van der Waals surface area contributed by atoms with E-state index in [0.29, 0.717) is 30.4 Å². The van der Waals surface area contributed by atoms with Crippen LogP contribution < -0.4 is 15.5 Å². The Kier molecular flexibility index (Phi) is 5.54. The molecule has 1 unspecified atom stereocenters. The number of benzene rings is 1. The summed E-state index contributed by atoms with van der Waals surface area (Å²) in [5.41, 5.74) is 1.44. The zero-order chi connectivity index (χ0) is 19.4. The molecule has 9 nitrogen and oxygen atoms in total. The van der Waals surface area contributed by atoms with Gasteiger partial charge in [0, 0.05) is 30.9 Å². The van der Waals surface area contributed by atoms with Crippen molar-refractivity contribution in [3.05, 3.63) is 30.5 Å². The van der Waals surface area contributed by atoms with Gasteiger partial charge in [0.25, 0.3) is 0 Å². The lowest BCUT2D eigenvalue weighted by Crippen LogP contribution is -2.37. The lowest BCUT2D eigenvalue weighted by Gasteiger charge is -2.27. The van der Waals surface area contributed by atoms with E-state index < -0.39 is 9.84 Å². The molecule has 2 N–H and O–H groups in total. The zero-order valence-corrected chi connectivity index (χ0v) is 16.0. The largest absolute Gasteiger partial charge is 0.351 e. The Morgan fingerprint density at radius 3 is 2.56 bits per heavy atom. The van der Waals surface area contributed by atoms with Crippen molar-refractivity contribution in [2.45, 2.75) is 26.3 Å². The first kappa shape index (κ1) is 19.0. The predicted molar refractivity (Wildman–Crippen MR) is 104 cm³/mol. The standard InChI is InChI=1S/C17H22N6O3S/c1-3-23(15-8-9-27(25,26)11-15)16-10-18-22-17(21-16)20-14-6-4-13(5-7-14)19-12(2)24/h4-7,10,15H,3,8-9,11H2,1-2H3,(H,19,24)(H,20,21,22). The molecule has 1 amide bonds.